The average molecular weight is 438 g/mol. The van der Waals surface area contributed by atoms with E-state index < -0.39 is 0 Å². The first-order valence-electron chi connectivity index (χ1n) is 11.2. The van der Waals surface area contributed by atoms with Crippen LogP contribution in [0, 0.1) is 0 Å². The predicted molar refractivity (Wildman–Crippen MR) is 140 cm³/mol. The van der Waals surface area contributed by atoms with E-state index in [-0.39, 0.29) is 17.2 Å². The minimum Gasteiger partial charge on any atom is -0.509 e. The number of phenolic OH excluding ortho intramolecular Hbond substituents is 2. The Kier molecular flexibility index (Phi) is 7.10. The van der Waals surface area contributed by atoms with Gasteiger partial charge in [0.25, 0.3) is 0 Å². The van der Waals surface area contributed by atoms with Gasteiger partial charge in [0.05, 0.1) is 0 Å². The highest BCUT2D eigenvalue weighted by Gasteiger charge is 2.36. The van der Waals surface area contributed by atoms with Gasteiger partial charge in [-0.2, -0.15) is 0 Å². The minimum atomic E-state index is 0.0485. The predicted octanol–water partition coefficient (Wildman–Crippen LogP) is -0.405. The van der Waals surface area contributed by atoms with Gasteiger partial charge in [-0.05, 0) is 80.4 Å². The molecule has 0 heterocycles. The number of likely N-dealkylation sites (N-methyl/N-ethyl adjacent to an activating group) is 1. The Morgan fingerprint density at radius 2 is 1.74 bits per heavy atom. The third-order valence-electron chi connectivity index (χ3n) is 7.62. The molecule has 0 saturated heterocycles. The van der Waals surface area contributed by atoms with Crippen molar-refractivity contribution in [2.75, 3.05) is 20.1 Å². The normalized spacial score (nSPS) is 18.5. The maximum absolute atomic E-state index is 11.0. The quantitative estimate of drug-likeness (QED) is 0.407. The topological polar surface area (TPSA) is 69.7 Å². The summed E-state index contributed by atoms with van der Waals surface area (Å²) in [6.45, 7) is 6.06. The van der Waals surface area contributed by atoms with Crippen LogP contribution in [-0.4, -0.2) is 64.3 Å². The lowest BCUT2D eigenvalue weighted by Gasteiger charge is -2.36. The summed E-state index contributed by atoms with van der Waals surface area (Å²) in [5, 5.41) is 22.5. The van der Waals surface area contributed by atoms with Gasteiger partial charge < -0.3 is 15.9 Å². The molecule has 0 fully saturated rings. The molecule has 0 aliphatic heterocycles. The van der Waals surface area contributed by atoms with Crippen LogP contribution in [0.2, 0.25) is 5.02 Å². The average Bonchev–Trinajstić information content (AvgIpc) is 3.07. The Bertz CT molecular complexity index is 955. The molecular formula is C23H34B3ClN2O2. The van der Waals surface area contributed by atoms with Crippen LogP contribution in [0.25, 0.3) is 0 Å². The highest BCUT2D eigenvalue weighted by Crippen LogP contribution is 2.49. The molecule has 8 heteroatoms. The molecule has 0 bridgehead atoms. The van der Waals surface area contributed by atoms with Gasteiger partial charge in [-0.3, -0.25) is 4.90 Å². The van der Waals surface area contributed by atoms with Crippen LogP contribution in [0.15, 0.2) is 18.2 Å². The van der Waals surface area contributed by atoms with Gasteiger partial charge in [-0.25, -0.2) is 0 Å². The van der Waals surface area contributed by atoms with Gasteiger partial charge in [-0.1, -0.05) is 28.6 Å². The number of fused-ring (bicyclic) bond motifs is 1. The maximum Gasteiger partial charge on any atom is 0.144 e. The molecule has 0 radical (unpaired) electrons. The zero-order valence-electron chi connectivity index (χ0n) is 19.7. The number of nitrogens with two attached hydrogens (primary N) is 1. The Morgan fingerprint density at radius 1 is 1.10 bits per heavy atom. The lowest BCUT2D eigenvalue weighted by Crippen LogP contribution is -2.43. The van der Waals surface area contributed by atoms with Crippen molar-refractivity contribution in [1.82, 2.24) is 4.90 Å². The van der Waals surface area contributed by atoms with E-state index in [4.69, 9.17) is 17.3 Å². The van der Waals surface area contributed by atoms with Crippen LogP contribution in [0.1, 0.15) is 61.6 Å². The van der Waals surface area contributed by atoms with Gasteiger partial charge in [0.2, 0.25) is 0 Å². The lowest BCUT2D eigenvalue weighted by molar-refractivity contribution is 0.144. The van der Waals surface area contributed by atoms with E-state index in [0.29, 0.717) is 18.2 Å². The van der Waals surface area contributed by atoms with E-state index in [0.717, 1.165) is 52.8 Å². The van der Waals surface area contributed by atoms with Crippen molar-refractivity contribution in [3.05, 3.63) is 39.9 Å². The number of halogens is 1. The van der Waals surface area contributed by atoms with E-state index in [1.54, 1.807) is 0 Å². The molecule has 4 nitrogen and oxygen atoms in total. The van der Waals surface area contributed by atoms with Crippen LogP contribution >= 0.6 is 11.6 Å². The van der Waals surface area contributed by atoms with Gasteiger partial charge in [0, 0.05) is 29.6 Å². The van der Waals surface area contributed by atoms with E-state index in [1.165, 1.54) is 11.1 Å². The molecule has 2 aromatic carbocycles. The number of phenols is 2. The van der Waals surface area contributed by atoms with Crippen molar-refractivity contribution in [2.24, 2.45) is 5.73 Å². The molecule has 2 atom stereocenters. The summed E-state index contributed by atoms with van der Waals surface area (Å²) in [7, 11) is 7.77. The summed E-state index contributed by atoms with van der Waals surface area (Å²) in [5.41, 5.74) is 11.4. The standard InChI is InChI=1S/C23H34B3ClN2O2/c1-23(2,29(3)9-8-28)7-6-12-10-16(14-5-4-13(27)11-15(12)14)17-18(24)22(31)20(26)19(25)21(17)30/h4-5,11-12,16,30-31H,6-10,24-26,28H2,1-3H3/t12-,16-/m1/s1. The number of hydrogen-bond acceptors (Lipinski definition) is 4. The fraction of sp³-hybridized carbons (Fsp3) is 0.478. The number of rotatable bonds is 7. The first kappa shape index (κ1) is 24.1. The molecule has 0 amide bonds. The second kappa shape index (κ2) is 9.13. The number of hydrogen-bond donors (Lipinski definition) is 3. The molecular weight excluding hydrogens is 404 g/mol. The van der Waals surface area contributed by atoms with E-state index >= 15 is 0 Å². The van der Waals surface area contributed by atoms with Crippen LogP contribution in [0.5, 0.6) is 11.5 Å². The van der Waals surface area contributed by atoms with Crippen molar-refractivity contribution in [3.63, 3.8) is 0 Å². The zero-order chi connectivity index (χ0) is 23.1. The van der Waals surface area contributed by atoms with Crippen molar-refractivity contribution >= 4 is 51.5 Å². The van der Waals surface area contributed by atoms with Crippen LogP contribution in [0.4, 0.5) is 0 Å². The summed E-state index contributed by atoms with van der Waals surface area (Å²) >= 11 is 6.39. The van der Waals surface area contributed by atoms with E-state index in [2.05, 4.69) is 37.9 Å². The van der Waals surface area contributed by atoms with Crippen LogP contribution in [-0.2, 0) is 0 Å². The Morgan fingerprint density at radius 3 is 2.39 bits per heavy atom. The molecule has 31 heavy (non-hydrogen) atoms. The van der Waals surface area contributed by atoms with E-state index in [1.807, 2.05) is 29.6 Å². The molecule has 0 spiro atoms. The summed E-state index contributed by atoms with van der Waals surface area (Å²) in [6.07, 6.45) is 2.97. The summed E-state index contributed by atoms with van der Waals surface area (Å²) < 4.78 is 0. The number of nitrogens with zero attached hydrogens (tertiary/aromatic N) is 1. The number of aromatic hydroxyl groups is 2. The minimum absolute atomic E-state index is 0.0485. The second-order valence-corrected chi connectivity index (χ2v) is 10.2. The molecule has 164 valence electrons. The molecule has 0 unspecified atom stereocenters. The monoisotopic (exact) mass is 438 g/mol. The van der Waals surface area contributed by atoms with Crippen molar-refractivity contribution < 1.29 is 10.2 Å². The Hall–Kier alpha value is -1.56. The molecule has 3 rings (SSSR count). The first-order valence-corrected chi connectivity index (χ1v) is 11.6. The first-order chi connectivity index (χ1) is 14.5. The van der Waals surface area contributed by atoms with E-state index in [9.17, 15) is 10.2 Å². The molecule has 0 aromatic heterocycles. The zero-order valence-corrected chi connectivity index (χ0v) is 20.5. The van der Waals surface area contributed by atoms with Gasteiger partial charge in [-0.15, -0.1) is 0 Å². The summed E-state index contributed by atoms with van der Waals surface area (Å²) in [5.74, 6) is 0.996. The fourth-order valence-corrected chi connectivity index (χ4v) is 5.27. The number of benzene rings is 2. The van der Waals surface area contributed by atoms with Crippen molar-refractivity contribution in [2.45, 2.75) is 50.5 Å². The highest BCUT2D eigenvalue weighted by atomic mass is 35.5. The fourth-order valence-electron chi connectivity index (χ4n) is 5.09. The van der Waals surface area contributed by atoms with Gasteiger partial charge >= 0.3 is 0 Å². The molecule has 0 saturated carbocycles. The molecule has 1 aliphatic carbocycles. The van der Waals surface area contributed by atoms with Crippen LogP contribution < -0.4 is 22.1 Å². The molecule has 2 aromatic rings. The van der Waals surface area contributed by atoms with Crippen molar-refractivity contribution in [3.8, 4) is 11.5 Å². The second-order valence-electron chi connectivity index (χ2n) is 9.81. The van der Waals surface area contributed by atoms with Gasteiger partial charge in [0.1, 0.15) is 35.0 Å². The molecule has 1 aliphatic rings. The molecule has 4 N–H and O–H groups in total. The highest BCUT2D eigenvalue weighted by molar-refractivity contribution is 6.53. The maximum atomic E-state index is 11.0. The largest absolute Gasteiger partial charge is 0.509 e. The third kappa shape index (κ3) is 4.51. The van der Waals surface area contributed by atoms with Gasteiger partial charge in [0.15, 0.2) is 0 Å². The third-order valence-corrected chi connectivity index (χ3v) is 7.86. The summed E-state index contributed by atoms with van der Waals surface area (Å²) in [4.78, 5) is 2.33. The lowest BCUT2D eigenvalue weighted by atomic mass is 9.70. The Balaban J connectivity index is 1.97. The summed E-state index contributed by atoms with van der Waals surface area (Å²) in [6, 6.07) is 6.12. The smallest absolute Gasteiger partial charge is 0.144 e. The van der Waals surface area contributed by atoms with Crippen molar-refractivity contribution in [1.29, 1.82) is 0 Å². The SMILES string of the molecule is Bc1c(B)c(O)c([C@@H]2C[C@@H](CCC(C)(C)N(C)CCN)c3cc(Cl)ccc32)c(B)c1O. The van der Waals surface area contributed by atoms with Crippen LogP contribution in [0.3, 0.4) is 0 Å². The Labute approximate surface area is 194 Å².